The van der Waals surface area contributed by atoms with Crippen molar-refractivity contribution in [3.8, 4) is 23.3 Å². The zero-order valence-electron chi connectivity index (χ0n) is 16.8. The third-order valence-electron chi connectivity index (χ3n) is 5.07. The van der Waals surface area contributed by atoms with Gasteiger partial charge in [-0.05, 0) is 18.6 Å². The van der Waals surface area contributed by atoms with E-state index in [1.807, 2.05) is 23.7 Å². The molecular weight excluding hydrogens is 394 g/mol. The molecule has 1 aromatic carbocycles. The van der Waals surface area contributed by atoms with Crippen LogP contribution in [0.4, 0.5) is 5.69 Å². The number of hydroxylamine groups is 1. The average molecular weight is 424 g/mol. The molecule has 0 spiro atoms. The summed E-state index contributed by atoms with van der Waals surface area (Å²) < 4.78 is 37.7. The second-order valence-electron chi connectivity index (χ2n) is 7.16. The fourth-order valence-corrected chi connectivity index (χ4v) is 4.90. The van der Waals surface area contributed by atoms with Crippen LogP contribution in [-0.4, -0.2) is 62.7 Å². The maximum absolute atomic E-state index is 12.7. The summed E-state index contributed by atoms with van der Waals surface area (Å²) in [6, 6.07) is 4.97. The van der Waals surface area contributed by atoms with E-state index in [0.717, 1.165) is 30.7 Å². The van der Waals surface area contributed by atoms with E-state index in [9.17, 15) is 13.6 Å². The summed E-state index contributed by atoms with van der Waals surface area (Å²) in [4.78, 5) is 2.13. The van der Waals surface area contributed by atoms with Crippen LogP contribution in [0.25, 0.3) is 0 Å². The average Bonchev–Trinajstić information content (AvgIpc) is 3.20. The number of nitrogens with zero attached hydrogens (tertiary/aromatic N) is 2. The van der Waals surface area contributed by atoms with Crippen molar-refractivity contribution in [2.75, 3.05) is 43.6 Å². The van der Waals surface area contributed by atoms with Gasteiger partial charge in [0.25, 0.3) is 0 Å². The van der Waals surface area contributed by atoms with Gasteiger partial charge in [0.15, 0.2) is 11.5 Å². The quantitative estimate of drug-likeness (QED) is 0.374. The van der Waals surface area contributed by atoms with Crippen molar-refractivity contribution in [1.82, 2.24) is 9.79 Å². The highest BCUT2D eigenvalue weighted by molar-refractivity contribution is 7.89. The number of piperazine rings is 1. The molecule has 3 rings (SSSR count). The van der Waals surface area contributed by atoms with Crippen LogP contribution in [0.5, 0.6) is 11.5 Å². The van der Waals surface area contributed by atoms with E-state index in [-0.39, 0.29) is 12.5 Å². The van der Waals surface area contributed by atoms with Gasteiger partial charge in [-0.2, -0.15) is 9.79 Å². The Morgan fingerprint density at radius 3 is 2.66 bits per heavy atom. The van der Waals surface area contributed by atoms with E-state index in [4.69, 9.17) is 9.47 Å². The molecule has 1 fully saturated rings. The lowest BCUT2D eigenvalue weighted by Gasteiger charge is -2.35. The number of hydrogen-bond donors (Lipinski definition) is 2. The number of fused-ring (bicyclic) bond motifs is 1. The lowest BCUT2D eigenvalue weighted by molar-refractivity contribution is 0.153. The number of sulfonamides is 1. The molecule has 0 saturated carbocycles. The van der Waals surface area contributed by atoms with Crippen LogP contribution in [0.3, 0.4) is 0 Å². The molecule has 2 aliphatic heterocycles. The Labute approximate surface area is 172 Å². The molecule has 2 aliphatic rings. The molecule has 2 N–H and O–H groups in total. The van der Waals surface area contributed by atoms with Crippen molar-refractivity contribution < 1.29 is 23.1 Å². The van der Waals surface area contributed by atoms with Crippen molar-refractivity contribution >= 4 is 15.7 Å². The highest BCUT2D eigenvalue weighted by Gasteiger charge is 2.29. The SMILES string of the molecule is CCCCCC#CC(CS(=O)(=O)N1CCN(c2ccc3c(c2)OCO3)CC1)NO. The van der Waals surface area contributed by atoms with Crippen LogP contribution in [0.2, 0.25) is 0 Å². The molecule has 1 aromatic rings. The molecule has 9 heteroatoms. The Morgan fingerprint density at radius 2 is 1.93 bits per heavy atom. The molecule has 1 saturated heterocycles. The smallest absolute Gasteiger partial charge is 0.231 e. The van der Waals surface area contributed by atoms with E-state index >= 15 is 0 Å². The Balaban J connectivity index is 1.53. The minimum absolute atomic E-state index is 0.229. The van der Waals surface area contributed by atoms with Gasteiger partial charge >= 0.3 is 0 Å². The number of ether oxygens (including phenoxy) is 2. The van der Waals surface area contributed by atoms with E-state index in [1.54, 1.807) is 0 Å². The largest absolute Gasteiger partial charge is 0.454 e. The van der Waals surface area contributed by atoms with Crippen molar-refractivity contribution in [2.24, 2.45) is 0 Å². The first kappa shape index (κ1) is 21.7. The first-order valence-electron chi connectivity index (χ1n) is 10.0. The molecule has 0 aliphatic carbocycles. The summed E-state index contributed by atoms with van der Waals surface area (Å²) in [7, 11) is -3.52. The Hall–Kier alpha value is -1.99. The van der Waals surface area contributed by atoms with Gasteiger partial charge in [0.2, 0.25) is 16.8 Å². The summed E-state index contributed by atoms with van der Waals surface area (Å²) >= 11 is 0. The maximum atomic E-state index is 12.7. The number of hydrogen-bond acceptors (Lipinski definition) is 7. The van der Waals surface area contributed by atoms with Gasteiger partial charge < -0.3 is 19.6 Å². The molecule has 29 heavy (non-hydrogen) atoms. The van der Waals surface area contributed by atoms with Crippen molar-refractivity contribution in [1.29, 1.82) is 0 Å². The van der Waals surface area contributed by atoms with Crippen LogP contribution >= 0.6 is 0 Å². The predicted octanol–water partition coefficient (Wildman–Crippen LogP) is 1.80. The lowest BCUT2D eigenvalue weighted by Crippen LogP contribution is -2.51. The second-order valence-corrected chi connectivity index (χ2v) is 9.18. The predicted molar refractivity (Wildman–Crippen MR) is 111 cm³/mol. The summed E-state index contributed by atoms with van der Waals surface area (Å²) in [5.41, 5.74) is 3.02. The van der Waals surface area contributed by atoms with Gasteiger partial charge in [-0.3, -0.25) is 0 Å². The van der Waals surface area contributed by atoms with E-state index in [2.05, 4.69) is 23.7 Å². The third-order valence-corrected chi connectivity index (χ3v) is 6.97. The molecular formula is C20H29N3O5S. The number of unbranched alkanes of at least 4 members (excludes halogenated alkanes) is 3. The minimum atomic E-state index is -3.52. The van der Waals surface area contributed by atoms with Gasteiger partial charge in [-0.15, -0.1) is 5.92 Å². The van der Waals surface area contributed by atoms with Crippen LogP contribution in [0.15, 0.2) is 18.2 Å². The Kier molecular flexibility index (Phi) is 7.61. The molecule has 0 bridgehead atoms. The topological polar surface area (TPSA) is 91.3 Å². The highest BCUT2D eigenvalue weighted by Crippen LogP contribution is 2.35. The summed E-state index contributed by atoms with van der Waals surface area (Å²) in [5.74, 6) is 6.99. The zero-order valence-corrected chi connectivity index (χ0v) is 17.6. The van der Waals surface area contributed by atoms with Crippen molar-refractivity contribution in [3.63, 3.8) is 0 Å². The minimum Gasteiger partial charge on any atom is -0.454 e. The fourth-order valence-electron chi connectivity index (χ4n) is 3.39. The highest BCUT2D eigenvalue weighted by atomic mass is 32.2. The van der Waals surface area contributed by atoms with Crippen molar-refractivity contribution in [3.05, 3.63) is 18.2 Å². The number of benzene rings is 1. The van der Waals surface area contributed by atoms with Crippen LogP contribution in [0, 0.1) is 11.8 Å². The van der Waals surface area contributed by atoms with Crippen LogP contribution in [-0.2, 0) is 10.0 Å². The molecule has 1 atom stereocenters. The molecule has 160 valence electrons. The van der Waals surface area contributed by atoms with Gasteiger partial charge in [0.1, 0.15) is 6.04 Å². The third kappa shape index (κ3) is 5.76. The van der Waals surface area contributed by atoms with E-state index in [1.165, 1.54) is 4.31 Å². The summed E-state index contributed by atoms with van der Waals surface area (Å²) in [5, 5.41) is 9.29. The molecule has 0 amide bonds. The molecule has 1 unspecified atom stereocenters. The van der Waals surface area contributed by atoms with E-state index < -0.39 is 16.1 Å². The number of rotatable bonds is 8. The number of nitrogens with one attached hydrogen (secondary N) is 1. The summed E-state index contributed by atoms with van der Waals surface area (Å²) in [6.45, 7) is 4.28. The standard InChI is InChI=1S/C20H29N3O5S/c1-2-3-4-5-6-7-17(21-24)15-29(25,26)23-12-10-22(11-13-23)18-8-9-19-20(14-18)28-16-27-19/h8-9,14,17,21,24H,2-5,10-13,15-16H2,1H3. The lowest BCUT2D eigenvalue weighted by atomic mass is 10.2. The maximum Gasteiger partial charge on any atom is 0.231 e. The molecule has 2 heterocycles. The normalized spacial score (nSPS) is 17.7. The van der Waals surface area contributed by atoms with Gasteiger partial charge in [-0.25, -0.2) is 8.42 Å². The first-order chi connectivity index (χ1) is 14.0. The molecule has 0 aromatic heterocycles. The fraction of sp³-hybridized carbons (Fsp3) is 0.600. The van der Waals surface area contributed by atoms with Crippen LogP contribution in [0.1, 0.15) is 32.6 Å². The number of anilines is 1. The van der Waals surface area contributed by atoms with Gasteiger partial charge in [0, 0.05) is 44.4 Å². The summed E-state index contributed by atoms with van der Waals surface area (Å²) in [6.07, 6.45) is 3.89. The Morgan fingerprint density at radius 1 is 1.17 bits per heavy atom. The zero-order chi connectivity index (χ0) is 20.7. The second kappa shape index (κ2) is 10.2. The van der Waals surface area contributed by atoms with Crippen molar-refractivity contribution in [2.45, 2.75) is 38.6 Å². The molecule has 0 radical (unpaired) electrons. The Bertz CT molecular complexity index is 841. The van der Waals surface area contributed by atoms with Crippen LogP contribution < -0.4 is 19.9 Å². The van der Waals surface area contributed by atoms with Gasteiger partial charge in [-0.1, -0.05) is 25.7 Å². The van der Waals surface area contributed by atoms with E-state index in [0.29, 0.717) is 38.3 Å². The molecule has 8 nitrogen and oxygen atoms in total. The van der Waals surface area contributed by atoms with Gasteiger partial charge in [0.05, 0.1) is 5.75 Å². The monoisotopic (exact) mass is 423 g/mol. The first-order valence-corrected chi connectivity index (χ1v) is 11.6.